The Labute approximate surface area is 183 Å². The summed E-state index contributed by atoms with van der Waals surface area (Å²) < 4.78 is 77.3. The number of carboxylic acids is 2. The van der Waals surface area contributed by atoms with Gasteiger partial charge >= 0.3 is 36.2 Å². The van der Waals surface area contributed by atoms with Crippen molar-refractivity contribution in [2.45, 2.75) is 18.9 Å². The number of thiophene rings is 1. The lowest BCUT2D eigenvalue weighted by Crippen LogP contribution is -2.28. The minimum atomic E-state index is -5.12. The fourth-order valence-electron chi connectivity index (χ4n) is 2.31. The summed E-state index contributed by atoms with van der Waals surface area (Å²) in [6, 6.07) is 0.236. The van der Waals surface area contributed by atoms with Crippen LogP contribution in [0.15, 0.2) is 24.3 Å². The van der Waals surface area contributed by atoms with Gasteiger partial charge in [0.15, 0.2) is 0 Å². The zero-order valence-corrected chi connectivity index (χ0v) is 16.5. The average Bonchev–Trinajstić information content (AvgIpc) is 3.07. The number of hydrogen-bond donors (Lipinski definition) is 5. The van der Waals surface area contributed by atoms with Gasteiger partial charge in [0.1, 0.15) is 5.00 Å². The van der Waals surface area contributed by atoms with Crippen LogP contribution in [0.25, 0.3) is 0 Å². The molecule has 0 bridgehead atoms. The van der Waals surface area contributed by atoms with Crippen molar-refractivity contribution in [1.82, 2.24) is 5.32 Å². The molecule has 5 N–H and O–H groups in total. The molecule has 2 aromatic rings. The first-order chi connectivity index (χ1) is 15.1. The Morgan fingerprint density at radius 3 is 1.85 bits per heavy atom. The summed E-state index contributed by atoms with van der Waals surface area (Å²) in [4.78, 5) is 45.1. The third kappa shape index (κ3) is 6.83. The van der Waals surface area contributed by atoms with Crippen molar-refractivity contribution in [3.63, 3.8) is 0 Å². The van der Waals surface area contributed by atoms with Gasteiger partial charge in [0, 0.05) is 10.6 Å². The lowest BCUT2D eigenvalue weighted by Gasteiger charge is -2.15. The van der Waals surface area contributed by atoms with Crippen molar-refractivity contribution in [2.24, 2.45) is 0 Å². The number of anilines is 2. The first-order valence-corrected chi connectivity index (χ1v) is 9.14. The van der Waals surface area contributed by atoms with E-state index in [9.17, 15) is 45.5 Å². The lowest BCUT2D eigenvalue weighted by atomic mass is 10.1. The monoisotopic (exact) mass is 499 g/mol. The maximum Gasteiger partial charge on any atom is 0.416 e. The third-order valence-electron chi connectivity index (χ3n) is 3.70. The molecule has 1 aromatic heterocycles. The topological polar surface area (TPSA) is 145 Å². The van der Waals surface area contributed by atoms with Crippen LogP contribution in [0.5, 0.6) is 0 Å². The number of rotatable bonds is 5. The number of carboxylic acid groups (broad SMARTS) is 2. The van der Waals surface area contributed by atoms with Gasteiger partial charge < -0.3 is 26.2 Å². The second kappa shape index (κ2) is 9.35. The average molecular weight is 499 g/mol. The van der Waals surface area contributed by atoms with Crippen LogP contribution in [0.1, 0.15) is 26.4 Å². The van der Waals surface area contributed by atoms with Gasteiger partial charge in [0.25, 0.3) is 0 Å². The molecule has 0 aliphatic carbocycles. The van der Waals surface area contributed by atoms with Gasteiger partial charge in [0.2, 0.25) is 0 Å². The molecule has 0 radical (unpaired) electrons. The molecule has 33 heavy (non-hydrogen) atoms. The number of aromatic carboxylic acids is 1. The van der Waals surface area contributed by atoms with E-state index in [1.165, 1.54) is 0 Å². The largest absolute Gasteiger partial charge is 0.478 e. The number of carbonyl (C=O) groups excluding carboxylic acids is 2. The van der Waals surface area contributed by atoms with E-state index in [2.05, 4.69) is 5.32 Å². The summed E-state index contributed by atoms with van der Waals surface area (Å²) in [7, 11) is 0. The Balaban J connectivity index is 2.17. The molecule has 0 aliphatic heterocycles. The van der Waals surface area contributed by atoms with Gasteiger partial charge in [0.05, 0.1) is 23.2 Å². The van der Waals surface area contributed by atoms with Gasteiger partial charge in [-0.3, -0.25) is 4.79 Å². The van der Waals surface area contributed by atoms with E-state index < -0.39 is 65.2 Å². The molecule has 0 saturated heterocycles. The van der Waals surface area contributed by atoms with Gasteiger partial charge in [-0.25, -0.2) is 14.4 Å². The molecule has 2 rings (SSSR count). The summed E-state index contributed by atoms with van der Waals surface area (Å²) in [5.74, 6) is -4.95. The number of halogens is 6. The SMILES string of the molecule is O=C(NCc1cc(C(=O)O)c(NC(=O)C(=O)O)s1)Nc1cc(C(F)(F)F)cc(C(F)(F)F)c1. The molecular weight excluding hydrogens is 488 g/mol. The predicted molar refractivity (Wildman–Crippen MR) is 99.8 cm³/mol. The molecule has 0 fully saturated rings. The highest BCUT2D eigenvalue weighted by molar-refractivity contribution is 7.16. The standard InChI is InChI=1S/C17H11F6N3O6S/c18-16(19,20)6-1-7(17(21,22)23)3-8(2-6)25-15(32)24-5-9-4-10(13(28)29)12(33-9)26-11(27)14(30)31/h1-4H,5H2,(H,26,27)(H,28,29)(H,30,31)(H2,24,25,32). The zero-order valence-electron chi connectivity index (χ0n) is 15.7. The van der Waals surface area contributed by atoms with Crippen LogP contribution >= 0.6 is 11.3 Å². The molecule has 178 valence electrons. The van der Waals surface area contributed by atoms with Crippen molar-refractivity contribution >= 4 is 45.9 Å². The number of amides is 3. The molecule has 1 heterocycles. The van der Waals surface area contributed by atoms with Gasteiger partial charge in [-0.05, 0) is 24.3 Å². The van der Waals surface area contributed by atoms with E-state index in [0.29, 0.717) is 23.5 Å². The Kier molecular flexibility index (Phi) is 7.21. The van der Waals surface area contributed by atoms with E-state index in [4.69, 9.17) is 10.2 Å². The fraction of sp³-hybridized carbons (Fsp3) is 0.176. The van der Waals surface area contributed by atoms with Crippen LogP contribution in [-0.2, 0) is 28.5 Å². The first-order valence-electron chi connectivity index (χ1n) is 8.32. The summed E-state index contributed by atoms with van der Waals surface area (Å²) in [5, 5.41) is 23.1. The summed E-state index contributed by atoms with van der Waals surface area (Å²) >= 11 is 0.577. The van der Waals surface area contributed by atoms with Crippen LogP contribution in [0.4, 0.5) is 41.8 Å². The van der Waals surface area contributed by atoms with E-state index in [1.54, 1.807) is 0 Å². The van der Waals surface area contributed by atoms with Crippen LogP contribution in [0, 0.1) is 0 Å². The van der Waals surface area contributed by atoms with Crippen molar-refractivity contribution in [2.75, 3.05) is 10.6 Å². The molecule has 9 nitrogen and oxygen atoms in total. The molecule has 0 atom stereocenters. The molecule has 16 heteroatoms. The lowest BCUT2D eigenvalue weighted by molar-refractivity contribution is -0.147. The minimum Gasteiger partial charge on any atom is -0.478 e. The van der Waals surface area contributed by atoms with E-state index in [1.807, 2.05) is 10.6 Å². The summed E-state index contributed by atoms with van der Waals surface area (Å²) in [6.45, 7) is -0.454. The molecular formula is C17H11F6N3O6S. The van der Waals surface area contributed by atoms with E-state index >= 15 is 0 Å². The van der Waals surface area contributed by atoms with Crippen LogP contribution in [0.3, 0.4) is 0 Å². The molecule has 0 unspecified atom stereocenters. The normalized spacial score (nSPS) is 11.6. The summed E-state index contributed by atoms with van der Waals surface area (Å²) in [5.41, 5.74) is -4.59. The van der Waals surface area contributed by atoms with Crippen LogP contribution < -0.4 is 16.0 Å². The Morgan fingerprint density at radius 1 is 0.848 bits per heavy atom. The Bertz CT molecular complexity index is 1080. The first kappa shape index (κ1) is 25.4. The number of hydrogen-bond acceptors (Lipinski definition) is 5. The maximum atomic E-state index is 12.9. The minimum absolute atomic E-state index is 0.0725. The van der Waals surface area contributed by atoms with Crippen molar-refractivity contribution in [3.05, 3.63) is 45.8 Å². The quantitative estimate of drug-likeness (QED) is 0.312. The highest BCUT2D eigenvalue weighted by Gasteiger charge is 2.37. The third-order valence-corrected chi connectivity index (χ3v) is 4.75. The molecule has 0 saturated carbocycles. The maximum absolute atomic E-state index is 12.9. The number of urea groups is 1. The van der Waals surface area contributed by atoms with Gasteiger partial charge in [-0.15, -0.1) is 11.3 Å². The van der Waals surface area contributed by atoms with Crippen molar-refractivity contribution < 1.29 is 55.7 Å². The highest BCUT2D eigenvalue weighted by atomic mass is 32.1. The van der Waals surface area contributed by atoms with E-state index in [-0.39, 0.29) is 15.9 Å². The molecule has 1 aromatic carbocycles. The van der Waals surface area contributed by atoms with Crippen LogP contribution in [-0.4, -0.2) is 34.1 Å². The number of benzene rings is 1. The predicted octanol–water partition coefficient (Wildman–Crippen LogP) is 3.83. The number of carbonyl (C=O) groups is 4. The molecule has 0 aliphatic rings. The Hall–Kier alpha value is -3.82. The van der Waals surface area contributed by atoms with Crippen molar-refractivity contribution in [1.29, 1.82) is 0 Å². The zero-order chi connectivity index (χ0) is 25.1. The smallest absolute Gasteiger partial charge is 0.416 e. The van der Waals surface area contributed by atoms with E-state index in [0.717, 1.165) is 6.07 Å². The highest BCUT2D eigenvalue weighted by Crippen LogP contribution is 2.37. The Morgan fingerprint density at radius 2 is 1.39 bits per heavy atom. The number of aliphatic carboxylic acids is 1. The van der Waals surface area contributed by atoms with Crippen molar-refractivity contribution in [3.8, 4) is 0 Å². The molecule has 0 spiro atoms. The number of alkyl halides is 6. The van der Waals surface area contributed by atoms with Gasteiger partial charge in [-0.1, -0.05) is 0 Å². The second-order valence-electron chi connectivity index (χ2n) is 6.12. The van der Waals surface area contributed by atoms with Crippen LogP contribution in [0.2, 0.25) is 0 Å². The van der Waals surface area contributed by atoms with Gasteiger partial charge in [-0.2, -0.15) is 26.3 Å². The number of nitrogens with one attached hydrogen (secondary N) is 3. The summed E-state index contributed by atoms with van der Waals surface area (Å²) in [6.07, 6.45) is -10.2. The second-order valence-corrected chi connectivity index (χ2v) is 7.26. The molecule has 3 amide bonds. The fourth-order valence-corrected chi connectivity index (χ4v) is 3.29.